The van der Waals surface area contributed by atoms with Crippen LogP contribution >= 0.6 is 0 Å². The lowest BCUT2D eigenvalue weighted by Gasteiger charge is -2.03. The highest BCUT2D eigenvalue weighted by molar-refractivity contribution is 5.85. The van der Waals surface area contributed by atoms with Crippen LogP contribution in [0.4, 0.5) is 5.82 Å². The molecule has 1 rings (SSSR count). The maximum Gasteiger partial charge on any atom is 0.356 e. The molecule has 0 saturated carbocycles. The second kappa shape index (κ2) is 5.13. The van der Waals surface area contributed by atoms with E-state index in [-0.39, 0.29) is 12.3 Å². The quantitative estimate of drug-likeness (QED) is 0.574. The van der Waals surface area contributed by atoms with E-state index in [0.717, 1.165) is 0 Å². The first-order valence-corrected chi connectivity index (χ1v) is 4.14. The van der Waals surface area contributed by atoms with Crippen molar-refractivity contribution in [3.8, 4) is 0 Å². The summed E-state index contributed by atoms with van der Waals surface area (Å²) in [7, 11) is 0. The van der Waals surface area contributed by atoms with Gasteiger partial charge in [-0.2, -0.15) is 0 Å². The minimum absolute atomic E-state index is 0.0824. The fourth-order valence-electron chi connectivity index (χ4n) is 0.850. The minimum atomic E-state index is -1.11. The summed E-state index contributed by atoms with van der Waals surface area (Å²) in [6.45, 7) is 0.618. The molecular formula is C8H11N3O3. The zero-order valence-corrected chi connectivity index (χ0v) is 7.47. The third-order valence-electron chi connectivity index (χ3n) is 1.49. The summed E-state index contributed by atoms with van der Waals surface area (Å²) in [6.07, 6.45) is 3.20. The van der Waals surface area contributed by atoms with Crippen molar-refractivity contribution in [3.05, 3.63) is 18.1 Å². The molecule has 0 aromatic carbocycles. The lowest BCUT2D eigenvalue weighted by Crippen LogP contribution is -2.08. The molecule has 0 bridgehead atoms. The van der Waals surface area contributed by atoms with Crippen molar-refractivity contribution in [1.82, 2.24) is 9.97 Å². The first-order chi connectivity index (χ1) is 6.74. The van der Waals surface area contributed by atoms with Gasteiger partial charge in [-0.3, -0.25) is 4.98 Å². The van der Waals surface area contributed by atoms with Crippen LogP contribution in [0.3, 0.4) is 0 Å². The summed E-state index contributed by atoms with van der Waals surface area (Å²) in [4.78, 5) is 18.0. The Bertz CT molecular complexity index is 316. The van der Waals surface area contributed by atoms with Gasteiger partial charge in [0.15, 0.2) is 5.69 Å². The number of aromatic nitrogens is 2. The van der Waals surface area contributed by atoms with Crippen molar-refractivity contribution < 1.29 is 15.0 Å². The Labute approximate surface area is 80.6 Å². The highest BCUT2D eigenvalue weighted by atomic mass is 16.4. The van der Waals surface area contributed by atoms with Crippen LogP contribution in [0.2, 0.25) is 0 Å². The highest BCUT2D eigenvalue weighted by Gasteiger charge is 2.05. The van der Waals surface area contributed by atoms with E-state index in [1.165, 1.54) is 12.4 Å². The lowest BCUT2D eigenvalue weighted by atomic mass is 10.4. The normalized spacial score (nSPS) is 9.79. The average molecular weight is 197 g/mol. The van der Waals surface area contributed by atoms with E-state index in [1.807, 2.05) is 0 Å². The van der Waals surface area contributed by atoms with E-state index in [2.05, 4.69) is 15.3 Å². The molecule has 0 fully saturated rings. The Hall–Kier alpha value is -1.69. The topological polar surface area (TPSA) is 95.3 Å². The van der Waals surface area contributed by atoms with Gasteiger partial charge >= 0.3 is 5.97 Å². The maximum absolute atomic E-state index is 10.5. The number of rotatable bonds is 5. The van der Waals surface area contributed by atoms with E-state index in [1.54, 1.807) is 0 Å². The molecule has 0 radical (unpaired) electrons. The summed E-state index contributed by atoms with van der Waals surface area (Å²) in [5.41, 5.74) is -0.0981. The summed E-state index contributed by atoms with van der Waals surface area (Å²) in [6, 6.07) is 0. The molecule has 0 atom stereocenters. The number of nitrogens with zero attached hydrogens (tertiary/aromatic N) is 2. The van der Waals surface area contributed by atoms with Crippen LogP contribution in [0.25, 0.3) is 0 Å². The second-order valence-electron chi connectivity index (χ2n) is 2.60. The summed E-state index contributed by atoms with van der Waals surface area (Å²) >= 11 is 0. The lowest BCUT2D eigenvalue weighted by molar-refractivity contribution is 0.0690. The molecular weight excluding hydrogens is 186 g/mol. The predicted octanol–water partition coefficient (Wildman–Crippen LogP) is -0.0309. The number of carboxylic acid groups (broad SMARTS) is 1. The molecule has 0 amide bonds. The third-order valence-corrected chi connectivity index (χ3v) is 1.49. The summed E-state index contributed by atoms with van der Waals surface area (Å²) in [5.74, 6) is -0.707. The van der Waals surface area contributed by atoms with Gasteiger partial charge < -0.3 is 15.5 Å². The molecule has 1 aromatic heterocycles. The zero-order valence-electron chi connectivity index (χ0n) is 7.47. The number of carboxylic acids is 1. The fourth-order valence-corrected chi connectivity index (χ4v) is 0.850. The van der Waals surface area contributed by atoms with E-state index >= 15 is 0 Å². The molecule has 0 aliphatic heterocycles. The van der Waals surface area contributed by atoms with Crippen LogP contribution in [0.1, 0.15) is 16.9 Å². The molecule has 0 spiro atoms. The molecule has 0 saturated heterocycles. The smallest absolute Gasteiger partial charge is 0.356 e. The molecule has 76 valence electrons. The first-order valence-electron chi connectivity index (χ1n) is 4.14. The van der Waals surface area contributed by atoms with Gasteiger partial charge in [0.2, 0.25) is 0 Å². The number of hydrogen-bond acceptors (Lipinski definition) is 5. The van der Waals surface area contributed by atoms with Crippen LogP contribution in [0.5, 0.6) is 0 Å². The molecule has 1 aromatic rings. The van der Waals surface area contributed by atoms with Crippen molar-refractivity contribution in [1.29, 1.82) is 0 Å². The Kier molecular flexibility index (Phi) is 3.81. The maximum atomic E-state index is 10.5. The van der Waals surface area contributed by atoms with Gasteiger partial charge in [0.1, 0.15) is 5.82 Å². The van der Waals surface area contributed by atoms with Gasteiger partial charge in [0.05, 0.1) is 12.4 Å². The van der Waals surface area contributed by atoms with E-state index < -0.39 is 5.97 Å². The monoisotopic (exact) mass is 197 g/mol. The van der Waals surface area contributed by atoms with Gasteiger partial charge in [0.25, 0.3) is 0 Å². The van der Waals surface area contributed by atoms with Crippen molar-refractivity contribution in [2.45, 2.75) is 6.42 Å². The van der Waals surface area contributed by atoms with Crippen LogP contribution in [0.15, 0.2) is 12.4 Å². The summed E-state index contributed by atoms with van der Waals surface area (Å²) in [5, 5.41) is 20.0. The van der Waals surface area contributed by atoms with Gasteiger partial charge in [-0.15, -0.1) is 0 Å². The van der Waals surface area contributed by atoms with Crippen LogP contribution < -0.4 is 5.32 Å². The molecule has 14 heavy (non-hydrogen) atoms. The Balaban J connectivity index is 2.59. The number of anilines is 1. The Morgan fingerprint density at radius 1 is 1.50 bits per heavy atom. The zero-order chi connectivity index (χ0) is 10.4. The highest BCUT2D eigenvalue weighted by Crippen LogP contribution is 2.01. The molecule has 6 nitrogen and oxygen atoms in total. The Morgan fingerprint density at radius 3 is 2.93 bits per heavy atom. The average Bonchev–Trinajstić information content (AvgIpc) is 2.19. The Morgan fingerprint density at radius 2 is 2.29 bits per heavy atom. The number of hydrogen-bond donors (Lipinski definition) is 3. The predicted molar refractivity (Wildman–Crippen MR) is 49.2 cm³/mol. The molecule has 0 aliphatic rings. The van der Waals surface area contributed by atoms with Gasteiger partial charge in [-0.05, 0) is 6.42 Å². The van der Waals surface area contributed by atoms with Crippen molar-refractivity contribution in [2.75, 3.05) is 18.5 Å². The van der Waals surface area contributed by atoms with E-state index in [9.17, 15) is 4.79 Å². The van der Waals surface area contributed by atoms with E-state index in [4.69, 9.17) is 10.2 Å². The molecule has 0 unspecified atom stereocenters. The SMILES string of the molecule is O=C(O)c1cncc(NCCCO)n1. The number of aliphatic hydroxyl groups excluding tert-OH is 1. The standard InChI is InChI=1S/C8H11N3O3/c12-3-1-2-10-7-5-9-4-6(11-7)8(13)14/h4-5,12H,1-3H2,(H,10,11)(H,13,14). The largest absolute Gasteiger partial charge is 0.476 e. The van der Waals surface area contributed by atoms with Gasteiger partial charge in [-0.1, -0.05) is 0 Å². The van der Waals surface area contributed by atoms with Crippen molar-refractivity contribution >= 4 is 11.8 Å². The number of aliphatic hydroxyl groups is 1. The fraction of sp³-hybridized carbons (Fsp3) is 0.375. The number of nitrogens with one attached hydrogen (secondary N) is 1. The van der Waals surface area contributed by atoms with E-state index in [0.29, 0.717) is 18.8 Å². The summed E-state index contributed by atoms with van der Waals surface area (Å²) < 4.78 is 0. The van der Waals surface area contributed by atoms with Crippen LogP contribution in [-0.4, -0.2) is 39.3 Å². The second-order valence-corrected chi connectivity index (χ2v) is 2.60. The molecule has 6 heteroatoms. The number of carbonyl (C=O) groups is 1. The molecule has 0 aliphatic carbocycles. The van der Waals surface area contributed by atoms with Crippen molar-refractivity contribution in [2.24, 2.45) is 0 Å². The van der Waals surface area contributed by atoms with Crippen LogP contribution in [-0.2, 0) is 0 Å². The first kappa shape index (κ1) is 10.4. The molecule has 1 heterocycles. The molecule has 3 N–H and O–H groups in total. The van der Waals surface area contributed by atoms with Gasteiger partial charge in [0, 0.05) is 13.2 Å². The van der Waals surface area contributed by atoms with Gasteiger partial charge in [-0.25, -0.2) is 9.78 Å². The number of aromatic carboxylic acids is 1. The van der Waals surface area contributed by atoms with Crippen molar-refractivity contribution in [3.63, 3.8) is 0 Å². The van der Waals surface area contributed by atoms with Crippen LogP contribution in [0, 0.1) is 0 Å². The third kappa shape index (κ3) is 2.98. The minimum Gasteiger partial charge on any atom is -0.476 e.